The number of hydrogen-bond donors (Lipinski definition) is 2. The number of carbonyl (C=O) groups excluding carboxylic acids is 2. The third kappa shape index (κ3) is 2.44. The summed E-state index contributed by atoms with van der Waals surface area (Å²) in [6.45, 7) is 1.97. The van der Waals surface area contributed by atoms with Crippen LogP contribution in [0.15, 0.2) is 36.8 Å². The summed E-state index contributed by atoms with van der Waals surface area (Å²) in [7, 11) is 0. The van der Waals surface area contributed by atoms with E-state index in [0.29, 0.717) is 22.8 Å². The Morgan fingerprint density at radius 1 is 1.24 bits per heavy atom. The molecule has 25 heavy (non-hydrogen) atoms. The summed E-state index contributed by atoms with van der Waals surface area (Å²) in [5.41, 5.74) is 8.27. The van der Waals surface area contributed by atoms with Crippen LogP contribution in [0.4, 0.5) is 11.5 Å². The molecule has 8 heteroatoms. The van der Waals surface area contributed by atoms with Gasteiger partial charge in [0.15, 0.2) is 5.82 Å². The molecule has 0 radical (unpaired) electrons. The second-order valence-electron chi connectivity index (χ2n) is 5.77. The molecule has 4 rings (SSSR count). The number of carbonyl (C=O) groups is 2. The number of anilines is 2. The molecule has 0 aliphatic carbocycles. The van der Waals surface area contributed by atoms with Gasteiger partial charge >= 0.3 is 0 Å². The van der Waals surface area contributed by atoms with Crippen molar-refractivity contribution in [1.82, 2.24) is 19.9 Å². The second kappa shape index (κ2) is 5.52. The lowest BCUT2D eigenvalue weighted by Gasteiger charge is -2.17. The maximum Gasteiger partial charge on any atom is 0.267 e. The molecule has 2 amide bonds. The highest BCUT2D eigenvalue weighted by molar-refractivity contribution is 6.09. The number of fused-ring (bicyclic) bond motifs is 1. The number of hydrogen-bond acceptors (Lipinski definition) is 5. The lowest BCUT2D eigenvalue weighted by atomic mass is 10.1. The maximum absolute atomic E-state index is 12.6. The number of H-pyrrole nitrogens is 1. The molecule has 3 aromatic rings. The Kier molecular flexibility index (Phi) is 3.31. The van der Waals surface area contributed by atoms with Crippen molar-refractivity contribution < 1.29 is 9.59 Å². The summed E-state index contributed by atoms with van der Waals surface area (Å²) in [6.07, 6.45) is 3.06. The average molecular weight is 334 g/mol. The largest absolute Gasteiger partial charge is 0.364 e. The molecular weight excluding hydrogens is 320 g/mol. The molecule has 8 nitrogen and oxygen atoms in total. The number of aromatic amines is 1. The van der Waals surface area contributed by atoms with Gasteiger partial charge in [-0.1, -0.05) is 17.7 Å². The van der Waals surface area contributed by atoms with Gasteiger partial charge in [0, 0.05) is 5.56 Å². The van der Waals surface area contributed by atoms with E-state index in [1.165, 1.54) is 11.2 Å². The zero-order valence-electron chi connectivity index (χ0n) is 13.4. The molecule has 1 aliphatic rings. The lowest BCUT2D eigenvalue weighted by molar-refractivity contribution is -0.116. The van der Waals surface area contributed by atoms with E-state index in [2.05, 4.69) is 19.9 Å². The third-order valence-corrected chi connectivity index (χ3v) is 4.04. The Morgan fingerprint density at radius 2 is 2.00 bits per heavy atom. The summed E-state index contributed by atoms with van der Waals surface area (Å²) in [4.78, 5) is 41.5. The van der Waals surface area contributed by atoms with Crippen molar-refractivity contribution in [1.29, 1.82) is 0 Å². The molecule has 0 atom stereocenters. The van der Waals surface area contributed by atoms with Gasteiger partial charge in [0.05, 0.1) is 24.6 Å². The maximum atomic E-state index is 12.6. The Hall–Kier alpha value is -3.55. The van der Waals surface area contributed by atoms with E-state index in [4.69, 9.17) is 5.73 Å². The van der Waals surface area contributed by atoms with Crippen molar-refractivity contribution >= 4 is 23.3 Å². The van der Waals surface area contributed by atoms with E-state index in [1.54, 1.807) is 6.20 Å². The van der Waals surface area contributed by atoms with Crippen LogP contribution < -0.4 is 10.6 Å². The van der Waals surface area contributed by atoms with Crippen molar-refractivity contribution in [2.45, 2.75) is 13.3 Å². The van der Waals surface area contributed by atoms with Crippen LogP contribution in [0.2, 0.25) is 0 Å². The van der Waals surface area contributed by atoms with E-state index in [9.17, 15) is 9.59 Å². The molecule has 3 N–H and O–H groups in total. The fourth-order valence-corrected chi connectivity index (χ4v) is 2.83. The monoisotopic (exact) mass is 334 g/mol. The van der Waals surface area contributed by atoms with Crippen LogP contribution >= 0.6 is 0 Å². The van der Waals surface area contributed by atoms with E-state index in [-0.39, 0.29) is 23.8 Å². The SMILES string of the molecule is Cc1ccc(N2C(=O)Cc3c(C(N)=O)nc(-c4cnc[nH]4)nc32)cc1. The quantitative estimate of drug-likeness (QED) is 0.752. The number of aromatic nitrogens is 4. The Bertz CT molecular complexity index is 979. The molecule has 2 aromatic heterocycles. The first-order valence-corrected chi connectivity index (χ1v) is 7.63. The first-order valence-electron chi connectivity index (χ1n) is 7.63. The summed E-state index contributed by atoms with van der Waals surface area (Å²) >= 11 is 0. The number of nitrogens with one attached hydrogen (secondary N) is 1. The highest BCUT2D eigenvalue weighted by Crippen LogP contribution is 2.36. The van der Waals surface area contributed by atoms with Gasteiger partial charge in [-0.15, -0.1) is 0 Å². The number of benzene rings is 1. The minimum atomic E-state index is -0.696. The van der Waals surface area contributed by atoms with Gasteiger partial charge < -0.3 is 10.7 Å². The standard InChI is InChI=1S/C17H14N6O2/c1-9-2-4-10(5-3-9)23-13(24)6-11-14(15(18)25)21-16(22-17(11)23)12-7-19-8-20-12/h2-5,7-8H,6H2,1H3,(H2,18,25)(H,19,20). The smallest absolute Gasteiger partial charge is 0.267 e. The number of nitrogens with two attached hydrogens (primary N) is 1. The van der Waals surface area contributed by atoms with E-state index in [1.807, 2.05) is 31.2 Å². The predicted molar refractivity (Wildman–Crippen MR) is 90.2 cm³/mol. The van der Waals surface area contributed by atoms with Gasteiger partial charge in [-0.3, -0.25) is 14.5 Å². The molecule has 0 saturated carbocycles. The number of rotatable bonds is 3. The Labute approximate surface area is 142 Å². The van der Waals surface area contributed by atoms with Crippen molar-refractivity contribution in [3.8, 4) is 11.5 Å². The molecule has 1 aliphatic heterocycles. The third-order valence-electron chi connectivity index (χ3n) is 4.04. The molecule has 0 fully saturated rings. The normalized spacial score (nSPS) is 13.2. The van der Waals surface area contributed by atoms with Crippen LogP contribution in [0.1, 0.15) is 21.6 Å². The topological polar surface area (TPSA) is 118 Å². The van der Waals surface area contributed by atoms with Gasteiger partial charge in [-0.25, -0.2) is 15.0 Å². The van der Waals surface area contributed by atoms with Crippen molar-refractivity contribution in [3.63, 3.8) is 0 Å². The lowest BCUT2D eigenvalue weighted by Crippen LogP contribution is -2.21. The number of primary amides is 1. The summed E-state index contributed by atoms with van der Waals surface area (Å²) in [5, 5.41) is 0. The van der Waals surface area contributed by atoms with Gasteiger partial charge in [-0.2, -0.15) is 0 Å². The average Bonchev–Trinajstić information content (AvgIpc) is 3.22. The van der Waals surface area contributed by atoms with Crippen molar-refractivity contribution in [2.75, 3.05) is 4.90 Å². The fourth-order valence-electron chi connectivity index (χ4n) is 2.83. The second-order valence-corrected chi connectivity index (χ2v) is 5.77. The molecule has 0 saturated heterocycles. The van der Waals surface area contributed by atoms with Crippen LogP contribution in [0.5, 0.6) is 0 Å². The Balaban J connectivity index is 1.92. The van der Waals surface area contributed by atoms with Crippen LogP contribution in [0.25, 0.3) is 11.5 Å². The van der Waals surface area contributed by atoms with Crippen LogP contribution in [0.3, 0.4) is 0 Å². The Morgan fingerprint density at radius 3 is 2.64 bits per heavy atom. The molecule has 124 valence electrons. The number of aryl methyl sites for hydroxylation is 1. The van der Waals surface area contributed by atoms with Gasteiger partial charge in [0.1, 0.15) is 17.2 Å². The summed E-state index contributed by atoms with van der Waals surface area (Å²) in [6, 6.07) is 7.49. The van der Waals surface area contributed by atoms with Crippen LogP contribution in [-0.4, -0.2) is 31.8 Å². The molecule has 1 aromatic carbocycles. The van der Waals surface area contributed by atoms with Gasteiger partial charge in [-0.05, 0) is 19.1 Å². The first-order chi connectivity index (χ1) is 12.0. The highest BCUT2D eigenvalue weighted by Gasteiger charge is 2.35. The molecular formula is C17H14N6O2. The molecule has 0 bridgehead atoms. The van der Waals surface area contributed by atoms with E-state index < -0.39 is 5.91 Å². The van der Waals surface area contributed by atoms with Crippen molar-refractivity contribution in [3.05, 3.63) is 53.6 Å². The number of imidazole rings is 1. The molecule has 3 heterocycles. The zero-order valence-corrected chi connectivity index (χ0v) is 13.4. The fraction of sp³-hybridized carbons (Fsp3) is 0.118. The predicted octanol–water partition coefficient (Wildman–Crippen LogP) is 1.49. The van der Waals surface area contributed by atoms with E-state index in [0.717, 1.165) is 5.56 Å². The molecule has 0 unspecified atom stereocenters. The highest BCUT2D eigenvalue weighted by atomic mass is 16.2. The first kappa shape index (κ1) is 15.0. The summed E-state index contributed by atoms with van der Waals surface area (Å²) < 4.78 is 0. The minimum Gasteiger partial charge on any atom is -0.364 e. The number of amides is 2. The number of nitrogens with zero attached hydrogens (tertiary/aromatic N) is 4. The van der Waals surface area contributed by atoms with E-state index >= 15 is 0 Å². The van der Waals surface area contributed by atoms with Crippen LogP contribution in [0, 0.1) is 6.92 Å². The zero-order chi connectivity index (χ0) is 17.6. The van der Waals surface area contributed by atoms with Gasteiger partial charge in [0.2, 0.25) is 5.91 Å². The van der Waals surface area contributed by atoms with Crippen molar-refractivity contribution in [2.24, 2.45) is 5.73 Å². The molecule has 0 spiro atoms. The van der Waals surface area contributed by atoms with Crippen LogP contribution in [-0.2, 0) is 11.2 Å². The summed E-state index contributed by atoms with van der Waals surface area (Å²) in [5.74, 6) is -0.241. The minimum absolute atomic E-state index is 0.0325. The van der Waals surface area contributed by atoms with Gasteiger partial charge in [0.25, 0.3) is 5.91 Å².